The molecule has 116 valence electrons. The van der Waals surface area contributed by atoms with Gasteiger partial charge in [0, 0.05) is 19.3 Å². The Kier molecular flexibility index (Phi) is 5.81. The average molecular weight is 311 g/mol. The lowest BCUT2D eigenvalue weighted by Crippen LogP contribution is -2.34. The number of nitrogens with one attached hydrogen (secondary N) is 1. The molecule has 2 aromatic rings. The van der Waals surface area contributed by atoms with Crippen molar-refractivity contribution in [3.63, 3.8) is 0 Å². The molecule has 1 aliphatic heterocycles. The number of aromatic nitrogens is 3. The van der Waals surface area contributed by atoms with Crippen LogP contribution in [0.3, 0.4) is 0 Å². The van der Waals surface area contributed by atoms with Gasteiger partial charge in [-0.25, -0.2) is 13.9 Å². The van der Waals surface area contributed by atoms with Gasteiger partial charge in [-0.3, -0.25) is 0 Å². The molecule has 3 rings (SSSR count). The molecule has 3 heterocycles. The molecule has 0 bridgehead atoms. The molecule has 5 nitrogen and oxygen atoms in total. The molecular weight excluding hydrogens is 289 g/mol. The quantitative estimate of drug-likeness (QED) is 0.924. The summed E-state index contributed by atoms with van der Waals surface area (Å²) in [4.78, 5) is 10.8. The van der Waals surface area contributed by atoms with Gasteiger partial charge in [-0.1, -0.05) is 6.92 Å². The Morgan fingerprint density at radius 2 is 2.14 bits per heavy atom. The van der Waals surface area contributed by atoms with Crippen molar-refractivity contribution in [1.82, 2.24) is 19.3 Å². The van der Waals surface area contributed by atoms with Gasteiger partial charge in [0.2, 0.25) is 0 Å². The van der Waals surface area contributed by atoms with Crippen molar-refractivity contribution in [2.45, 2.75) is 19.8 Å². The van der Waals surface area contributed by atoms with Crippen LogP contribution in [0.4, 0.5) is 9.70 Å². The summed E-state index contributed by atoms with van der Waals surface area (Å²) in [6, 6.07) is 1.89. The van der Waals surface area contributed by atoms with Crippen LogP contribution in [0.2, 0.25) is 0 Å². The van der Waals surface area contributed by atoms with Crippen LogP contribution < -0.4 is 10.2 Å². The minimum absolute atomic E-state index is 0.169. The Morgan fingerprint density at radius 1 is 1.38 bits per heavy atom. The summed E-state index contributed by atoms with van der Waals surface area (Å²) in [6.07, 6.45) is 5.67. The molecule has 2 aromatic heterocycles. The van der Waals surface area contributed by atoms with Gasteiger partial charge < -0.3 is 10.2 Å². The Morgan fingerprint density at radius 3 is 2.81 bits per heavy atom. The summed E-state index contributed by atoms with van der Waals surface area (Å²) in [5, 5.41) is 3.68. The van der Waals surface area contributed by atoms with Crippen LogP contribution in [0.1, 0.15) is 19.8 Å². The van der Waals surface area contributed by atoms with E-state index in [1.807, 2.05) is 20.2 Å². The van der Waals surface area contributed by atoms with Gasteiger partial charge >= 0.3 is 0 Å². The third kappa shape index (κ3) is 3.65. The van der Waals surface area contributed by atoms with Gasteiger partial charge in [0.15, 0.2) is 18.0 Å². The van der Waals surface area contributed by atoms with E-state index in [1.165, 1.54) is 23.1 Å². The van der Waals surface area contributed by atoms with E-state index in [2.05, 4.69) is 27.1 Å². The second kappa shape index (κ2) is 7.61. The zero-order chi connectivity index (χ0) is 15.2. The number of hydrogen-bond donors (Lipinski definition) is 1. The van der Waals surface area contributed by atoms with Gasteiger partial charge in [-0.15, -0.1) is 3.89 Å². The molecule has 0 aliphatic carbocycles. The van der Waals surface area contributed by atoms with Crippen LogP contribution in [0, 0.1) is 5.92 Å². The first-order chi connectivity index (χ1) is 10.2. The zero-order valence-electron chi connectivity index (χ0n) is 12.7. The molecule has 0 saturated carbocycles. The molecular formula is C14H22FN5S. The van der Waals surface area contributed by atoms with Crippen molar-refractivity contribution < 1.29 is 3.89 Å². The van der Waals surface area contributed by atoms with Gasteiger partial charge in [0.25, 0.3) is 0 Å². The maximum absolute atomic E-state index is 12.7. The molecule has 0 radical (unpaired) electrons. The largest absolute Gasteiger partial charge is 0.356 e. The molecule has 1 aliphatic rings. The van der Waals surface area contributed by atoms with Crippen LogP contribution in [-0.2, 0) is 0 Å². The summed E-state index contributed by atoms with van der Waals surface area (Å²) in [5.74, 6) is 1.61. The van der Waals surface area contributed by atoms with E-state index in [-0.39, 0.29) is 12.3 Å². The molecule has 1 N–H and O–H groups in total. The minimum Gasteiger partial charge on any atom is -0.356 e. The molecule has 1 fully saturated rings. The summed E-state index contributed by atoms with van der Waals surface area (Å²) in [6.45, 7) is 4.29. The van der Waals surface area contributed by atoms with E-state index in [0.29, 0.717) is 11.6 Å². The van der Waals surface area contributed by atoms with Crippen molar-refractivity contribution in [2.24, 2.45) is 5.92 Å². The van der Waals surface area contributed by atoms with Crippen molar-refractivity contribution >= 4 is 29.2 Å². The molecule has 1 unspecified atom stereocenters. The number of nitrogens with zero attached hydrogens (tertiary/aromatic N) is 4. The van der Waals surface area contributed by atoms with E-state index in [9.17, 15) is 3.89 Å². The lowest BCUT2D eigenvalue weighted by atomic mass is 10.0. The second-order valence-corrected chi connectivity index (χ2v) is 5.87. The topological polar surface area (TPSA) is 46.0 Å². The van der Waals surface area contributed by atoms with Crippen molar-refractivity contribution in [2.75, 3.05) is 32.1 Å². The van der Waals surface area contributed by atoms with E-state index in [1.54, 1.807) is 6.20 Å². The molecule has 0 aromatic carbocycles. The Hall–Kier alpha value is -1.34. The van der Waals surface area contributed by atoms with Crippen molar-refractivity contribution in [3.8, 4) is 0 Å². The lowest BCUT2D eigenvalue weighted by molar-refractivity contribution is 0.445. The van der Waals surface area contributed by atoms with Crippen LogP contribution >= 0.6 is 12.3 Å². The predicted octanol–water partition coefficient (Wildman–Crippen LogP) is 2.88. The summed E-state index contributed by atoms with van der Waals surface area (Å²) in [5.41, 5.74) is 0.644. The third-order valence-corrected chi connectivity index (χ3v) is 3.90. The Bertz CT molecular complexity index is 573. The zero-order valence-corrected chi connectivity index (χ0v) is 13.5. The number of rotatable bonds is 2. The number of hydrogen-bond acceptors (Lipinski definition) is 5. The highest BCUT2D eigenvalue weighted by atomic mass is 32.2. The van der Waals surface area contributed by atoms with E-state index in [4.69, 9.17) is 0 Å². The van der Waals surface area contributed by atoms with Crippen LogP contribution in [0.15, 0.2) is 18.6 Å². The Labute approximate surface area is 129 Å². The number of anilines is 1. The highest BCUT2D eigenvalue weighted by molar-refractivity contribution is 7.92. The molecule has 1 atom stereocenters. The van der Waals surface area contributed by atoms with E-state index >= 15 is 0 Å². The lowest BCUT2D eigenvalue weighted by Gasteiger charge is -2.32. The summed E-state index contributed by atoms with van der Waals surface area (Å²) >= 11 is 0.169. The first-order valence-electron chi connectivity index (χ1n) is 7.15. The molecule has 21 heavy (non-hydrogen) atoms. The normalized spacial score (nSPS) is 18.5. The Balaban J connectivity index is 0.000000497. The molecule has 7 heteroatoms. The monoisotopic (exact) mass is 311 g/mol. The van der Waals surface area contributed by atoms with Gasteiger partial charge in [-0.05, 0) is 38.9 Å². The SMILES string of the molecule is CC1CCCN(c2ncnc3c2ccn3SF)C1.CNC. The fourth-order valence-electron chi connectivity index (χ4n) is 2.60. The average Bonchev–Trinajstić information content (AvgIpc) is 2.91. The standard InChI is InChI=1S/C12H15FN4S.C2H7N/c1-9-3-2-5-16(7-9)11-10-4-6-17(18-13)12(10)15-8-14-11;1-3-2/h4,6,8-9H,2-3,5,7H2,1H3;3H,1-2H3. The predicted molar refractivity (Wildman–Crippen MR) is 87.2 cm³/mol. The first kappa shape index (κ1) is 16.0. The fraction of sp³-hybridized carbons (Fsp3) is 0.571. The molecule has 1 saturated heterocycles. The van der Waals surface area contributed by atoms with Crippen molar-refractivity contribution in [1.29, 1.82) is 0 Å². The second-order valence-electron chi connectivity index (χ2n) is 5.34. The minimum atomic E-state index is 0.169. The smallest absolute Gasteiger partial charge is 0.171 e. The summed E-state index contributed by atoms with van der Waals surface area (Å²) in [7, 11) is 3.75. The molecule has 0 amide bonds. The maximum atomic E-state index is 12.7. The van der Waals surface area contributed by atoms with Gasteiger partial charge in [0.05, 0.1) is 5.39 Å². The van der Waals surface area contributed by atoms with Crippen LogP contribution in [0.25, 0.3) is 11.0 Å². The molecule has 0 spiro atoms. The van der Waals surface area contributed by atoms with E-state index in [0.717, 1.165) is 24.3 Å². The van der Waals surface area contributed by atoms with Crippen LogP contribution in [-0.4, -0.2) is 41.1 Å². The maximum Gasteiger partial charge on any atom is 0.171 e. The first-order valence-corrected chi connectivity index (χ1v) is 7.83. The summed E-state index contributed by atoms with van der Waals surface area (Å²) < 4.78 is 14.2. The van der Waals surface area contributed by atoms with E-state index < -0.39 is 0 Å². The number of piperidine rings is 1. The van der Waals surface area contributed by atoms with Gasteiger partial charge in [0.1, 0.15) is 12.1 Å². The third-order valence-electron chi connectivity index (χ3n) is 3.46. The number of halogens is 1. The highest BCUT2D eigenvalue weighted by Gasteiger charge is 2.20. The highest BCUT2D eigenvalue weighted by Crippen LogP contribution is 2.29. The van der Waals surface area contributed by atoms with Gasteiger partial charge in [-0.2, -0.15) is 0 Å². The fourth-order valence-corrected chi connectivity index (χ4v) is 2.92. The van der Waals surface area contributed by atoms with Crippen LogP contribution in [0.5, 0.6) is 0 Å². The number of fused-ring (bicyclic) bond motifs is 1. The van der Waals surface area contributed by atoms with Crippen molar-refractivity contribution in [3.05, 3.63) is 18.6 Å².